The summed E-state index contributed by atoms with van der Waals surface area (Å²) >= 11 is 0. The maximum atomic E-state index is 12.2. The first-order valence-corrected chi connectivity index (χ1v) is 9.16. The lowest BCUT2D eigenvalue weighted by Crippen LogP contribution is -2.44. The van der Waals surface area contributed by atoms with E-state index < -0.39 is 11.9 Å². The maximum Gasteiger partial charge on any atom is 0.394 e. The van der Waals surface area contributed by atoms with E-state index in [0.29, 0.717) is 12.5 Å². The van der Waals surface area contributed by atoms with Crippen molar-refractivity contribution in [2.45, 2.75) is 38.9 Å². The number of carboxylic acid groups (broad SMARTS) is 1. The Hall–Kier alpha value is -2.41. The molecule has 1 fully saturated rings. The average molecular weight is 356 g/mol. The van der Waals surface area contributed by atoms with Crippen LogP contribution in [0.3, 0.4) is 0 Å². The van der Waals surface area contributed by atoms with E-state index in [4.69, 9.17) is 0 Å². The molecule has 0 bridgehead atoms. The summed E-state index contributed by atoms with van der Waals surface area (Å²) in [5, 5.41) is 15.0. The van der Waals surface area contributed by atoms with E-state index in [-0.39, 0.29) is 6.04 Å². The highest BCUT2D eigenvalue weighted by Crippen LogP contribution is 2.35. The van der Waals surface area contributed by atoms with Gasteiger partial charge in [0.2, 0.25) is 0 Å². The number of aromatic nitrogens is 2. The molecule has 2 unspecified atom stereocenters. The van der Waals surface area contributed by atoms with Gasteiger partial charge in [-0.15, -0.1) is 0 Å². The van der Waals surface area contributed by atoms with Gasteiger partial charge in [-0.2, -0.15) is 5.10 Å². The first-order valence-electron chi connectivity index (χ1n) is 9.16. The van der Waals surface area contributed by atoms with Gasteiger partial charge in [0.1, 0.15) is 0 Å². The molecule has 0 spiro atoms. The number of fused-ring (bicyclic) bond motifs is 3. The number of nitrogens with zero attached hydrogens (tertiary/aromatic N) is 4. The Labute approximate surface area is 152 Å². The highest BCUT2D eigenvalue weighted by molar-refractivity contribution is 6.31. The Kier molecular flexibility index (Phi) is 4.19. The number of carboxylic acids is 1. The van der Waals surface area contributed by atoms with Crippen LogP contribution in [0.25, 0.3) is 10.9 Å². The third-order valence-corrected chi connectivity index (χ3v) is 5.63. The highest BCUT2D eigenvalue weighted by Gasteiger charge is 2.34. The number of likely N-dealkylation sites (tertiary alicyclic amines) is 1. The van der Waals surface area contributed by atoms with E-state index in [2.05, 4.69) is 34.7 Å². The molecule has 0 radical (unpaired) electrons. The van der Waals surface area contributed by atoms with Crippen LogP contribution in [0.4, 0.5) is 0 Å². The van der Waals surface area contributed by atoms with Crippen LogP contribution < -0.4 is 0 Å². The van der Waals surface area contributed by atoms with Crippen LogP contribution in [0, 0.1) is 5.92 Å². The quantitative estimate of drug-likeness (QED) is 0.789. The molecule has 2 aromatic rings. The Morgan fingerprint density at radius 3 is 2.81 bits per heavy atom. The van der Waals surface area contributed by atoms with Crippen molar-refractivity contribution in [3.63, 3.8) is 0 Å². The number of amides is 1. The average Bonchev–Trinajstić information content (AvgIpc) is 2.98. The van der Waals surface area contributed by atoms with Gasteiger partial charge in [-0.1, -0.05) is 13.0 Å². The molecule has 1 saturated heterocycles. The number of benzene rings is 1. The maximum absolute atomic E-state index is 12.2. The Morgan fingerprint density at radius 1 is 1.23 bits per heavy atom. The van der Waals surface area contributed by atoms with Crippen LogP contribution in [-0.2, 0) is 22.7 Å². The van der Waals surface area contributed by atoms with E-state index in [1.165, 1.54) is 10.6 Å². The fraction of sp³-hybridized carbons (Fsp3) is 0.526. The molecule has 2 aliphatic rings. The van der Waals surface area contributed by atoms with Gasteiger partial charge in [-0.05, 0) is 43.5 Å². The number of aliphatic carboxylic acids is 1. The van der Waals surface area contributed by atoms with E-state index in [1.807, 2.05) is 12.1 Å². The van der Waals surface area contributed by atoms with E-state index in [1.54, 1.807) is 0 Å². The Bertz CT molecular complexity index is 875. The molecule has 1 N–H and O–H groups in total. The van der Waals surface area contributed by atoms with Crippen LogP contribution in [0.5, 0.6) is 0 Å². The number of hydrogen-bond donors (Lipinski definition) is 1. The van der Waals surface area contributed by atoms with Crippen molar-refractivity contribution in [3.05, 3.63) is 29.5 Å². The molecule has 138 valence electrons. The zero-order valence-corrected chi connectivity index (χ0v) is 15.2. The number of carbonyl (C=O) groups is 2. The molecule has 0 saturated carbocycles. The van der Waals surface area contributed by atoms with E-state index in [0.717, 1.165) is 48.9 Å². The van der Waals surface area contributed by atoms with Crippen LogP contribution in [0.15, 0.2) is 18.2 Å². The van der Waals surface area contributed by atoms with Crippen LogP contribution in [0.1, 0.15) is 37.1 Å². The largest absolute Gasteiger partial charge is 0.474 e. The minimum atomic E-state index is -1.38. The van der Waals surface area contributed by atoms with Crippen molar-refractivity contribution < 1.29 is 14.7 Å². The van der Waals surface area contributed by atoms with Gasteiger partial charge in [0, 0.05) is 25.0 Å². The number of piperidine rings is 1. The standard InChI is InChI=1S/C19H24N4O3/c1-12-3-6-16(22(10-12)18(24)19(25)26)13-4-5-15-14(9-13)17-11-21(2)7-8-23(17)20-15/h4-5,9,12,16H,3,6-8,10-11H2,1-2H3,(H,25,26). The smallest absolute Gasteiger partial charge is 0.394 e. The lowest BCUT2D eigenvalue weighted by molar-refractivity contribution is -0.158. The van der Waals surface area contributed by atoms with Crippen molar-refractivity contribution in [1.29, 1.82) is 0 Å². The second-order valence-corrected chi connectivity index (χ2v) is 7.65. The summed E-state index contributed by atoms with van der Waals surface area (Å²) in [7, 11) is 2.10. The molecule has 1 aromatic heterocycles. The summed E-state index contributed by atoms with van der Waals surface area (Å²) in [5.41, 5.74) is 3.15. The lowest BCUT2D eigenvalue weighted by Gasteiger charge is -2.38. The molecule has 4 rings (SSSR count). The second kappa shape index (κ2) is 6.39. The monoisotopic (exact) mass is 356 g/mol. The summed E-state index contributed by atoms with van der Waals surface area (Å²) in [6.45, 7) is 5.25. The molecule has 7 nitrogen and oxygen atoms in total. The molecule has 2 atom stereocenters. The van der Waals surface area contributed by atoms with Crippen molar-refractivity contribution in [2.75, 3.05) is 20.1 Å². The minimum absolute atomic E-state index is 0.184. The SMILES string of the molecule is CC1CCC(c2ccc3nn4c(c3c2)CN(C)CC4)N(C(=O)C(=O)O)C1. The molecule has 7 heteroatoms. The number of carbonyl (C=O) groups excluding carboxylic acids is 1. The third kappa shape index (κ3) is 2.86. The van der Waals surface area contributed by atoms with E-state index in [9.17, 15) is 14.7 Å². The predicted octanol–water partition coefficient (Wildman–Crippen LogP) is 1.87. The topological polar surface area (TPSA) is 78.7 Å². The van der Waals surface area contributed by atoms with Crippen molar-refractivity contribution in [1.82, 2.24) is 19.6 Å². The zero-order chi connectivity index (χ0) is 18.4. The van der Waals surface area contributed by atoms with Gasteiger partial charge in [0.15, 0.2) is 0 Å². The van der Waals surface area contributed by atoms with Crippen molar-refractivity contribution in [3.8, 4) is 0 Å². The van der Waals surface area contributed by atoms with Gasteiger partial charge in [0.05, 0.1) is 23.8 Å². The Balaban J connectivity index is 1.74. The molecule has 26 heavy (non-hydrogen) atoms. The number of rotatable bonds is 1. The normalized spacial score (nSPS) is 23.8. The van der Waals surface area contributed by atoms with Crippen molar-refractivity contribution >= 4 is 22.8 Å². The fourth-order valence-electron chi connectivity index (χ4n) is 4.21. The molecular formula is C19H24N4O3. The molecule has 2 aliphatic heterocycles. The molecule has 1 aromatic carbocycles. The Morgan fingerprint density at radius 2 is 2.04 bits per heavy atom. The summed E-state index contributed by atoms with van der Waals surface area (Å²) in [6, 6.07) is 5.91. The van der Waals surface area contributed by atoms with Gasteiger partial charge in [0.25, 0.3) is 0 Å². The molecule has 0 aliphatic carbocycles. The van der Waals surface area contributed by atoms with Gasteiger partial charge >= 0.3 is 11.9 Å². The van der Waals surface area contributed by atoms with Crippen LogP contribution in [0.2, 0.25) is 0 Å². The van der Waals surface area contributed by atoms with Crippen LogP contribution >= 0.6 is 0 Å². The molecule has 1 amide bonds. The number of likely N-dealkylation sites (N-methyl/N-ethyl adjacent to an activating group) is 1. The van der Waals surface area contributed by atoms with Crippen LogP contribution in [-0.4, -0.2) is 56.7 Å². The minimum Gasteiger partial charge on any atom is -0.474 e. The van der Waals surface area contributed by atoms with Gasteiger partial charge in [-0.25, -0.2) is 4.79 Å². The summed E-state index contributed by atoms with van der Waals surface area (Å²) in [4.78, 5) is 27.3. The second-order valence-electron chi connectivity index (χ2n) is 7.65. The molecular weight excluding hydrogens is 332 g/mol. The summed E-state index contributed by atoms with van der Waals surface area (Å²) in [5.74, 6) is -1.87. The van der Waals surface area contributed by atoms with Crippen molar-refractivity contribution in [2.24, 2.45) is 5.92 Å². The fourth-order valence-corrected chi connectivity index (χ4v) is 4.21. The predicted molar refractivity (Wildman–Crippen MR) is 96.6 cm³/mol. The third-order valence-electron chi connectivity index (χ3n) is 5.63. The summed E-state index contributed by atoms with van der Waals surface area (Å²) < 4.78 is 2.07. The molecule has 3 heterocycles. The van der Waals surface area contributed by atoms with E-state index >= 15 is 0 Å². The lowest BCUT2D eigenvalue weighted by atomic mass is 9.89. The van der Waals surface area contributed by atoms with Gasteiger partial charge in [-0.3, -0.25) is 14.4 Å². The highest BCUT2D eigenvalue weighted by atomic mass is 16.4. The zero-order valence-electron chi connectivity index (χ0n) is 15.2. The first-order chi connectivity index (χ1) is 12.4. The summed E-state index contributed by atoms with van der Waals surface area (Å²) in [6.07, 6.45) is 1.77. The first kappa shape index (κ1) is 17.0. The van der Waals surface area contributed by atoms with Gasteiger partial charge < -0.3 is 10.0 Å². The number of hydrogen-bond acceptors (Lipinski definition) is 4.